The average molecular weight is 1830 g/mol. The molecule has 20 rings (SSSR count). The van der Waals surface area contributed by atoms with Crippen LogP contribution >= 0.6 is 0 Å². The number of carbonyl (C=O) groups is 3. The molecule has 0 bridgehead atoms. The highest BCUT2D eigenvalue weighted by molar-refractivity contribution is 5.99. The molecule has 15 aromatic rings. The molecule has 0 amide bonds. The van der Waals surface area contributed by atoms with Gasteiger partial charge in [-0.1, -0.05) is 31.4 Å². The van der Waals surface area contributed by atoms with E-state index < -0.39 is 0 Å². The van der Waals surface area contributed by atoms with Crippen LogP contribution in [0.1, 0.15) is 211 Å². The molecule has 5 aromatic carbocycles. The third-order valence-electron chi connectivity index (χ3n) is 24.1. The standard InChI is InChI=1S/C22H26N4O2.C22H25N3O2.C21H23N3O3.C20H20N6O.C20H16N4O3/c1-5-18-21(7-6-16-12-25(4)24-22(16)18)28-13-17-9-11-27-14-19(17)20-8-10-23-26(20)15(2)3;1-15(2)25-21(9-10-24-25)18-6-4-3-5-17(18)14-27-22-8-7-16-11-23-12-19(16)20(22)13-26;1-14(2)24-20(5-7-23-24)19-13-26-8-6-16(19)12-27-21-4-3-15-9-22-10-17(15)18(21)11-25;1-4-15-18(6-5-14-11-23-25-19(14)15)27-12-16-20(22-10-9-21-16)17-7-8-24-26(17)13(2)3;1-26-20-15(5-3-9-22-20)18-14(4-2-8-21-18)12-27-17-7-6-13-10-23-24-19(13)16(17)11-25/h5-8,10,12,15H,1,9,11,13-14H2,2-4H3;7-11,13,15H,3-6,12,14H2,1-2H3;3-5,7,9,11,14H,6,8,10,12-13H2,1-2H3;4-11,13H,1,12H2,2-3H3,(H,23,25);2-11H,12H2,1H3,(H,23,24). The number of aryl methyl sites for hydroxylation is 1. The lowest BCUT2D eigenvalue weighted by Gasteiger charge is -2.23. The Hall–Kier alpha value is -15.5. The van der Waals surface area contributed by atoms with Gasteiger partial charge in [-0.3, -0.25) is 72.9 Å². The molecule has 0 saturated carbocycles. The van der Waals surface area contributed by atoms with Gasteiger partial charge >= 0.3 is 0 Å². The van der Waals surface area contributed by atoms with Crippen molar-refractivity contribution in [2.45, 2.75) is 144 Å². The highest BCUT2D eigenvalue weighted by Crippen LogP contribution is 2.40. The number of aldehydes is 3. The molecule has 1 aliphatic carbocycles. The van der Waals surface area contributed by atoms with Gasteiger partial charge in [-0.05, 0) is 242 Å². The molecule has 0 unspecified atom stereocenters. The number of carbonyl (C=O) groups excluding carboxylic acids is 3. The number of allylic oxidation sites excluding steroid dienone is 1. The molecular formula is C105H110N20O11. The number of nitrogens with one attached hydrogen (secondary N) is 2. The maximum Gasteiger partial charge on any atom is 0.222 e. The number of aromatic amines is 2. The van der Waals surface area contributed by atoms with Gasteiger partial charge in [-0.25, -0.2) is 4.98 Å². The molecule has 10 aromatic heterocycles. The lowest BCUT2D eigenvalue weighted by atomic mass is 9.90. The number of benzene rings is 5. The van der Waals surface area contributed by atoms with Gasteiger partial charge in [0.2, 0.25) is 5.88 Å². The Morgan fingerprint density at radius 3 is 1.53 bits per heavy atom. The van der Waals surface area contributed by atoms with Gasteiger partial charge in [0.05, 0.1) is 109 Å². The summed E-state index contributed by atoms with van der Waals surface area (Å²) in [5, 5.41) is 39.2. The molecular weight excluding hydrogens is 1720 g/mol. The van der Waals surface area contributed by atoms with Crippen molar-refractivity contribution in [3.05, 3.63) is 286 Å². The number of rotatable bonds is 30. The van der Waals surface area contributed by atoms with E-state index in [1.807, 2.05) is 154 Å². The van der Waals surface area contributed by atoms with Crippen LogP contribution in [0.3, 0.4) is 0 Å². The summed E-state index contributed by atoms with van der Waals surface area (Å²) < 4.78 is 57.2. The number of nitrogens with zero attached hydrogens (tertiary/aromatic N) is 18. The van der Waals surface area contributed by atoms with E-state index >= 15 is 0 Å². The molecule has 4 aliphatic heterocycles. The van der Waals surface area contributed by atoms with Gasteiger partial charge in [0, 0.05) is 150 Å². The Balaban J connectivity index is 0.000000123. The van der Waals surface area contributed by atoms with Crippen molar-refractivity contribution in [3.63, 3.8) is 0 Å². The second-order valence-corrected chi connectivity index (χ2v) is 34.1. The minimum Gasteiger partial charge on any atom is -0.489 e. The maximum atomic E-state index is 11.6. The predicted molar refractivity (Wildman–Crippen MR) is 525 cm³/mol. The Morgan fingerprint density at radius 1 is 0.463 bits per heavy atom. The number of aromatic nitrogens is 18. The van der Waals surface area contributed by atoms with Crippen LogP contribution in [0.25, 0.3) is 84.2 Å². The zero-order chi connectivity index (χ0) is 94.7. The maximum absolute atomic E-state index is 11.6. The van der Waals surface area contributed by atoms with Gasteiger partial charge < -0.3 is 37.9 Å². The fourth-order valence-electron chi connectivity index (χ4n) is 17.4. The molecule has 0 saturated heterocycles. The first-order valence-electron chi connectivity index (χ1n) is 45.6. The number of aliphatic imine (C=N–C) groups is 2. The van der Waals surface area contributed by atoms with Crippen LogP contribution in [-0.4, -0.2) is 174 Å². The highest BCUT2D eigenvalue weighted by Gasteiger charge is 2.28. The Morgan fingerprint density at radius 2 is 0.949 bits per heavy atom. The van der Waals surface area contributed by atoms with Crippen LogP contribution in [0.2, 0.25) is 0 Å². The topological polar surface area (TPSA) is 348 Å². The monoisotopic (exact) mass is 1830 g/mol. The van der Waals surface area contributed by atoms with E-state index in [-0.39, 0.29) is 25.3 Å². The largest absolute Gasteiger partial charge is 0.489 e. The van der Waals surface area contributed by atoms with E-state index in [9.17, 15) is 14.4 Å². The molecule has 14 heterocycles. The number of hydrogen-bond donors (Lipinski definition) is 2. The second kappa shape index (κ2) is 43.9. The number of methoxy groups -OCH3 is 1. The first-order valence-corrected chi connectivity index (χ1v) is 45.6. The Bertz CT molecular complexity index is 6850. The third-order valence-corrected chi connectivity index (χ3v) is 24.1. The van der Waals surface area contributed by atoms with Crippen molar-refractivity contribution in [1.29, 1.82) is 0 Å². The normalized spacial score (nSPS) is 13.8. The first kappa shape index (κ1) is 93.7. The molecule has 696 valence electrons. The number of pyridine rings is 2. The van der Waals surface area contributed by atoms with Crippen molar-refractivity contribution >= 4 is 92.9 Å². The van der Waals surface area contributed by atoms with Crippen molar-refractivity contribution in [2.24, 2.45) is 17.0 Å². The van der Waals surface area contributed by atoms with Crippen LogP contribution in [-0.2, 0) is 42.8 Å². The lowest BCUT2D eigenvalue weighted by Crippen LogP contribution is -2.18. The Labute approximate surface area is 787 Å². The minimum atomic E-state index is 0.223. The lowest BCUT2D eigenvalue weighted by molar-refractivity contribution is 0.111. The van der Waals surface area contributed by atoms with E-state index in [1.54, 1.807) is 68.8 Å². The number of H-pyrrole nitrogens is 2. The van der Waals surface area contributed by atoms with Crippen LogP contribution in [0.4, 0.5) is 0 Å². The number of fused-ring (bicyclic) bond motifs is 5. The summed E-state index contributed by atoms with van der Waals surface area (Å²) in [6, 6.07) is 35.9. The summed E-state index contributed by atoms with van der Waals surface area (Å²) in [6.45, 7) is 30.4. The molecule has 0 radical (unpaired) electrons. The number of hydrogen-bond acceptors (Lipinski definition) is 24. The van der Waals surface area contributed by atoms with E-state index in [2.05, 4.69) is 161 Å². The summed E-state index contributed by atoms with van der Waals surface area (Å²) in [7, 11) is 3.49. The SMILES string of the molecule is C=Cc1c(OCC2=C(c3ccnn3C(C)C)COCC2)ccc2cn(C)nc12.C=Cc1c(OCc2nccnc2-c2ccnn2C(C)C)ccc2cn[nH]c12.CC(C)n1nccc1C1=C(COc2ccc3c(c2C=O)CN=C3)CCCC1.CC(C)n1nccc1C1=C(COc2ccc3c(c2C=O)CN=C3)CCOC1.COc1ncccc1-c1ncccc1COc1ccc2c[nH]nc2c1C=O. The van der Waals surface area contributed by atoms with E-state index in [0.29, 0.717) is 117 Å². The van der Waals surface area contributed by atoms with Gasteiger partial charge in [0.1, 0.15) is 84.2 Å². The van der Waals surface area contributed by atoms with Crippen LogP contribution in [0.5, 0.6) is 34.6 Å². The van der Waals surface area contributed by atoms with Crippen LogP contribution < -0.4 is 28.4 Å². The molecule has 0 fully saturated rings. The molecule has 5 aliphatic rings. The quantitative estimate of drug-likeness (QED) is 0.0395. The summed E-state index contributed by atoms with van der Waals surface area (Å²) in [5.41, 5.74) is 25.4. The minimum absolute atomic E-state index is 0.223. The van der Waals surface area contributed by atoms with Crippen LogP contribution in [0.15, 0.2) is 217 Å². The highest BCUT2D eigenvalue weighted by atomic mass is 16.5. The molecule has 31 heteroatoms. The number of ether oxygens (including phenoxy) is 8. The van der Waals surface area contributed by atoms with Crippen LogP contribution in [0, 0.1) is 0 Å². The van der Waals surface area contributed by atoms with Crippen molar-refractivity contribution in [1.82, 2.24) is 89.2 Å². The second-order valence-electron chi connectivity index (χ2n) is 34.1. The fraction of sp³-hybridized carbons (Fsp3) is 0.295. The van der Waals surface area contributed by atoms with Gasteiger partial charge in [-0.2, -0.15) is 35.7 Å². The summed E-state index contributed by atoms with van der Waals surface area (Å²) in [4.78, 5) is 61.0. The smallest absolute Gasteiger partial charge is 0.222 e. The summed E-state index contributed by atoms with van der Waals surface area (Å²) in [6.07, 6.45) is 35.4. The van der Waals surface area contributed by atoms with E-state index in [4.69, 9.17) is 37.9 Å². The predicted octanol–water partition coefficient (Wildman–Crippen LogP) is 19.8. The molecule has 136 heavy (non-hydrogen) atoms. The summed E-state index contributed by atoms with van der Waals surface area (Å²) in [5.74, 6) is 3.75. The van der Waals surface area contributed by atoms with Crippen molar-refractivity contribution in [3.8, 4) is 57.3 Å². The average Bonchev–Trinajstić information content (AvgIpc) is 1.65. The molecule has 31 nitrogen and oxygen atoms in total. The first-order chi connectivity index (χ1) is 66.5. The zero-order valence-corrected chi connectivity index (χ0v) is 78.1. The molecule has 0 atom stereocenters. The molecule has 2 N–H and O–H groups in total. The van der Waals surface area contributed by atoms with Gasteiger partial charge in [-0.15, -0.1) is 0 Å². The fourth-order valence-corrected chi connectivity index (χ4v) is 17.4. The Kier molecular flexibility index (Phi) is 30.3. The summed E-state index contributed by atoms with van der Waals surface area (Å²) >= 11 is 0. The van der Waals surface area contributed by atoms with E-state index in [1.165, 1.54) is 46.4 Å². The molecule has 0 spiro atoms. The van der Waals surface area contributed by atoms with E-state index in [0.717, 1.165) is 167 Å². The van der Waals surface area contributed by atoms with Crippen molar-refractivity contribution in [2.75, 3.05) is 53.4 Å². The van der Waals surface area contributed by atoms with Crippen molar-refractivity contribution < 1.29 is 52.3 Å². The zero-order valence-electron chi connectivity index (χ0n) is 78.1. The third kappa shape index (κ3) is 20.8. The van der Waals surface area contributed by atoms with Gasteiger partial charge in [0.25, 0.3) is 0 Å². The van der Waals surface area contributed by atoms with Gasteiger partial charge in [0.15, 0.2) is 18.9 Å².